The van der Waals surface area contributed by atoms with Gasteiger partial charge in [0, 0.05) is 18.3 Å². The molecule has 0 bridgehead atoms. The van der Waals surface area contributed by atoms with E-state index in [2.05, 4.69) is 15.3 Å². The first kappa shape index (κ1) is 14.0. The number of halogens is 1. The van der Waals surface area contributed by atoms with Gasteiger partial charge in [-0.15, -0.1) is 0 Å². The summed E-state index contributed by atoms with van der Waals surface area (Å²) in [4.78, 5) is 20.7. The lowest BCUT2D eigenvalue weighted by molar-refractivity contribution is -0.127. The third-order valence-electron chi connectivity index (χ3n) is 3.85. The van der Waals surface area contributed by atoms with Crippen LogP contribution in [0.4, 0.5) is 0 Å². The zero-order chi connectivity index (χ0) is 14.7. The van der Waals surface area contributed by atoms with Gasteiger partial charge in [0.25, 0.3) is 0 Å². The van der Waals surface area contributed by atoms with E-state index in [4.69, 9.17) is 11.6 Å². The Labute approximate surface area is 128 Å². The molecule has 1 heterocycles. The van der Waals surface area contributed by atoms with Gasteiger partial charge in [-0.2, -0.15) is 0 Å². The van der Waals surface area contributed by atoms with Crippen LogP contribution in [0, 0.1) is 5.92 Å². The molecule has 5 heteroatoms. The summed E-state index contributed by atoms with van der Waals surface area (Å²) in [5.74, 6) is 0.184. The molecular formula is C16H16ClN3O. The highest BCUT2D eigenvalue weighted by atomic mass is 35.5. The first-order valence-corrected chi connectivity index (χ1v) is 7.45. The molecule has 0 spiro atoms. The summed E-state index contributed by atoms with van der Waals surface area (Å²) < 4.78 is 0. The highest BCUT2D eigenvalue weighted by Crippen LogP contribution is 2.29. The van der Waals surface area contributed by atoms with Crippen LogP contribution >= 0.6 is 11.6 Å². The molecule has 1 unspecified atom stereocenters. The standard InChI is InChI=1S/C16H16ClN3O/c17-15-14(18-9-10-19-15)13(11-5-2-1-3-6-11)20-16(21)12-7-4-8-12/h1-3,5-6,9-10,12-13H,4,7-8H2,(H,20,21). The van der Waals surface area contributed by atoms with E-state index < -0.39 is 0 Å². The van der Waals surface area contributed by atoms with Crippen LogP contribution < -0.4 is 5.32 Å². The fraction of sp³-hybridized carbons (Fsp3) is 0.312. The van der Waals surface area contributed by atoms with Crippen LogP contribution in [0.2, 0.25) is 5.15 Å². The Kier molecular flexibility index (Phi) is 4.15. The van der Waals surface area contributed by atoms with Gasteiger partial charge in [-0.3, -0.25) is 9.78 Å². The number of hydrogen-bond donors (Lipinski definition) is 1. The number of benzene rings is 1. The second-order valence-corrected chi connectivity index (χ2v) is 5.57. The highest BCUT2D eigenvalue weighted by molar-refractivity contribution is 6.30. The Morgan fingerprint density at radius 2 is 1.90 bits per heavy atom. The van der Waals surface area contributed by atoms with E-state index in [-0.39, 0.29) is 17.9 Å². The number of carbonyl (C=O) groups is 1. The zero-order valence-corrected chi connectivity index (χ0v) is 12.3. The number of hydrogen-bond acceptors (Lipinski definition) is 3. The number of aromatic nitrogens is 2. The van der Waals surface area contributed by atoms with E-state index in [1.807, 2.05) is 30.3 Å². The summed E-state index contributed by atoms with van der Waals surface area (Å²) in [5, 5.41) is 3.39. The van der Waals surface area contributed by atoms with Gasteiger partial charge >= 0.3 is 0 Å². The van der Waals surface area contributed by atoms with Crippen molar-refractivity contribution < 1.29 is 4.79 Å². The molecule has 1 aliphatic rings. The molecule has 0 aliphatic heterocycles. The maximum absolute atomic E-state index is 12.3. The van der Waals surface area contributed by atoms with Crippen LogP contribution in [-0.2, 0) is 4.79 Å². The van der Waals surface area contributed by atoms with Gasteiger partial charge in [0.1, 0.15) is 5.69 Å². The summed E-state index contributed by atoms with van der Waals surface area (Å²) in [6.07, 6.45) is 6.18. The van der Waals surface area contributed by atoms with E-state index in [1.165, 1.54) is 0 Å². The lowest BCUT2D eigenvalue weighted by Gasteiger charge is -2.27. The lowest BCUT2D eigenvalue weighted by atomic mass is 9.84. The van der Waals surface area contributed by atoms with Gasteiger partial charge in [0.15, 0.2) is 5.15 Å². The molecule has 108 valence electrons. The number of nitrogens with zero attached hydrogens (tertiary/aromatic N) is 2. The predicted molar refractivity (Wildman–Crippen MR) is 80.8 cm³/mol. The lowest BCUT2D eigenvalue weighted by Crippen LogP contribution is -2.37. The average molecular weight is 302 g/mol. The van der Waals surface area contributed by atoms with Gasteiger partial charge in [-0.05, 0) is 18.4 Å². The summed E-state index contributed by atoms with van der Waals surface area (Å²) in [6, 6.07) is 9.35. The van der Waals surface area contributed by atoms with Gasteiger partial charge in [-0.1, -0.05) is 48.4 Å². The van der Waals surface area contributed by atoms with Gasteiger partial charge < -0.3 is 5.32 Å². The zero-order valence-electron chi connectivity index (χ0n) is 11.5. The summed E-state index contributed by atoms with van der Waals surface area (Å²) in [6.45, 7) is 0. The molecule has 1 atom stereocenters. The van der Waals surface area contributed by atoms with Gasteiger partial charge in [0.2, 0.25) is 5.91 Å². The summed E-state index contributed by atoms with van der Waals surface area (Å²) in [7, 11) is 0. The summed E-state index contributed by atoms with van der Waals surface area (Å²) in [5.41, 5.74) is 1.53. The first-order valence-electron chi connectivity index (χ1n) is 7.07. The van der Waals surface area contributed by atoms with Crippen LogP contribution in [0.3, 0.4) is 0 Å². The average Bonchev–Trinajstić information content (AvgIpc) is 2.45. The Balaban J connectivity index is 1.91. The fourth-order valence-corrected chi connectivity index (χ4v) is 2.63. The fourth-order valence-electron chi connectivity index (χ4n) is 2.41. The van der Waals surface area contributed by atoms with E-state index in [0.717, 1.165) is 24.8 Å². The molecule has 1 saturated carbocycles. The van der Waals surface area contributed by atoms with Crippen molar-refractivity contribution >= 4 is 17.5 Å². The van der Waals surface area contributed by atoms with Crippen molar-refractivity contribution in [3.05, 3.63) is 59.1 Å². The van der Waals surface area contributed by atoms with Crippen molar-refractivity contribution in [2.75, 3.05) is 0 Å². The van der Waals surface area contributed by atoms with Crippen LogP contribution in [-0.4, -0.2) is 15.9 Å². The number of amides is 1. The normalized spacial score (nSPS) is 16.0. The topological polar surface area (TPSA) is 54.9 Å². The molecule has 1 N–H and O–H groups in total. The van der Waals surface area contributed by atoms with Crippen LogP contribution in [0.25, 0.3) is 0 Å². The molecule has 1 fully saturated rings. The van der Waals surface area contributed by atoms with Crippen molar-refractivity contribution in [2.24, 2.45) is 5.92 Å². The molecule has 21 heavy (non-hydrogen) atoms. The minimum atomic E-state index is -0.361. The van der Waals surface area contributed by atoms with Gasteiger partial charge in [-0.25, -0.2) is 4.98 Å². The molecule has 1 aromatic carbocycles. The van der Waals surface area contributed by atoms with E-state index in [1.54, 1.807) is 12.4 Å². The van der Waals surface area contributed by atoms with E-state index >= 15 is 0 Å². The molecule has 1 amide bonds. The maximum atomic E-state index is 12.3. The second-order valence-electron chi connectivity index (χ2n) is 5.21. The molecule has 3 rings (SSSR count). The van der Waals surface area contributed by atoms with E-state index in [0.29, 0.717) is 10.8 Å². The number of nitrogens with one attached hydrogen (secondary N) is 1. The minimum absolute atomic E-state index is 0.0665. The number of rotatable bonds is 4. The van der Waals surface area contributed by atoms with E-state index in [9.17, 15) is 4.79 Å². The third-order valence-corrected chi connectivity index (χ3v) is 4.14. The Hall–Kier alpha value is -1.94. The molecule has 0 saturated heterocycles. The SMILES string of the molecule is O=C(NC(c1ccccc1)c1nccnc1Cl)C1CCC1. The first-order chi connectivity index (χ1) is 10.3. The molecule has 1 aliphatic carbocycles. The molecule has 4 nitrogen and oxygen atoms in total. The van der Waals surface area contributed by atoms with Crippen LogP contribution in [0.15, 0.2) is 42.7 Å². The number of carbonyl (C=O) groups excluding carboxylic acids is 1. The van der Waals surface area contributed by atoms with Crippen molar-refractivity contribution in [3.8, 4) is 0 Å². The molecule has 1 aromatic heterocycles. The Morgan fingerprint density at radius 1 is 1.19 bits per heavy atom. The smallest absolute Gasteiger partial charge is 0.223 e. The largest absolute Gasteiger partial charge is 0.343 e. The quantitative estimate of drug-likeness (QED) is 0.944. The van der Waals surface area contributed by atoms with Crippen molar-refractivity contribution in [2.45, 2.75) is 25.3 Å². The van der Waals surface area contributed by atoms with Crippen LogP contribution in [0.5, 0.6) is 0 Å². The highest BCUT2D eigenvalue weighted by Gasteiger charge is 2.29. The van der Waals surface area contributed by atoms with Crippen molar-refractivity contribution in [1.29, 1.82) is 0 Å². The second kappa shape index (κ2) is 6.22. The Bertz CT molecular complexity index is 628. The summed E-state index contributed by atoms with van der Waals surface area (Å²) >= 11 is 6.15. The molecular weight excluding hydrogens is 286 g/mol. The molecule has 0 radical (unpaired) electrons. The molecule has 2 aromatic rings. The maximum Gasteiger partial charge on any atom is 0.223 e. The van der Waals surface area contributed by atoms with Crippen molar-refractivity contribution in [3.63, 3.8) is 0 Å². The third kappa shape index (κ3) is 3.05. The van der Waals surface area contributed by atoms with Crippen LogP contribution in [0.1, 0.15) is 36.6 Å². The monoisotopic (exact) mass is 301 g/mol. The predicted octanol–water partition coefficient (Wildman–Crippen LogP) is 3.14. The Morgan fingerprint density at radius 3 is 2.52 bits per heavy atom. The van der Waals surface area contributed by atoms with Gasteiger partial charge in [0.05, 0.1) is 6.04 Å². The van der Waals surface area contributed by atoms with Crippen molar-refractivity contribution in [1.82, 2.24) is 15.3 Å². The minimum Gasteiger partial charge on any atom is -0.343 e.